The zero-order valence-corrected chi connectivity index (χ0v) is 50.5. The first-order chi connectivity index (χ1) is 34.4. The van der Waals surface area contributed by atoms with Gasteiger partial charge in [0.1, 0.15) is 24.8 Å². The van der Waals surface area contributed by atoms with E-state index >= 15 is 4.79 Å². The van der Waals surface area contributed by atoms with Crippen LogP contribution in [0.25, 0.3) is 0 Å². The van der Waals surface area contributed by atoms with Crippen LogP contribution < -0.4 is 4.74 Å². The molecule has 0 saturated carbocycles. The van der Waals surface area contributed by atoms with Gasteiger partial charge in [0.15, 0.2) is 28.2 Å². The van der Waals surface area contributed by atoms with Crippen molar-refractivity contribution in [2.45, 2.75) is 219 Å². The quantitative estimate of drug-likeness (QED) is 0.0394. The molecule has 0 unspecified atom stereocenters. The van der Waals surface area contributed by atoms with Gasteiger partial charge in [0.2, 0.25) is 0 Å². The predicted molar refractivity (Wildman–Crippen MR) is 296 cm³/mol. The van der Waals surface area contributed by atoms with E-state index in [0.29, 0.717) is 39.1 Å². The lowest BCUT2D eigenvalue weighted by Gasteiger charge is -2.41. The number of aliphatic hydroxyl groups is 1. The molecule has 0 spiro atoms. The lowest BCUT2D eigenvalue weighted by Crippen LogP contribution is -2.50. The minimum absolute atomic E-state index is 0.0445. The second-order valence-electron chi connectivity index (χ2n) is 22.7. The molecule has 1 fully saturated rings. The molecular formula is C58H100O13Si2. The summed E-state index contributed by atoms with van der Waals surface area (Å²) >= 11 is 0. The van der Waals surface area contributed by atoms with E-state index in [1.165, 1.54) is 0 Å². The van der Waals surface area contributed by atoms with Crippen LogP contribution in [0.3, 0.4) is 0 Å². The van der Waals surface area contributed by atoms with Gasteiger partial charge in [-0.2, -0.15) is 0 Å². The second-order valence-corrected chi connectivity index (χ2v) is 32.2. The van der Waals surface area contributed by atoms with Crippen LogP contribution in [0.4, 0.5) is 0 Å². The number of ether oxygens (including phenoxy) is 9. The summed E-state index contributed by atoms with van der Waals surface area (Å²) in [5.41, 5.74) is 2.04. The lowest BCUT2D eigenvalue weighted by molar-refractivity contribution is -0.164. The van der Waals surface area contributed by atoms with Gasteiger partial charge in [-0.1, -0.05) is 111 Å². The molecule has 0 aliphatic carbocycles. The Balaban J connectivity index is 1.89. The minimum atomic E-state index is -2.41. The molecule has 1 saturated heterocycles. The SMILES string of the molecule is CC[C@H](/C=C(/C)[C@H](C[C@H](C[C@H](O)C(C)(C)C(=O)[C@@H]1OC(C)(C)O[C@@H]1C[C@H](C[C@@H](OC)[C@@H](COCc1ccc(OC)cc1)OCOC)O[Si](C)(C)C(C)(C)C)OC)O[Si](CC)(CC)CC)COCc1ccccc1. The molecule has 3 rings (SSSR count). The Morgan fingerprint density at radius 3 is 1.90 bits per heavy atom. The number of hydrogen-bond donors (Lipinski definition) is 1. The number of carbonyl (C=O) groups excluding carboxylic acids is 1. The number of Topliss-reactive ketones (excluding diaryl/α,β-unsaturated/α-hetero) is 1. The standard InChI is InChI=1S/C58H100O13Si2/c1-19-43(37-65-38-44-26-24-23-25-27-44)32-42(5)49(71-73(20-2,21-3)22-4)33-47(63-15)36-53(59)57(9,10)55(60)54-51(68-58(11,12)69-54)35-48(70-72(17,18)56(6,7)8)34-50(64-16)52(67-41-61-13)40-66-39-45-28-30-46(62-14)31-29-45/h23-32,43,47-54,59H,19-22,33-41H2,1-18H3/b42-32-/t43-,47-,48+,49+,50-,51-,52-,53+,54-/m1/s1. The van der Waals surface area contributed by atoms with Crippen LogP contribution in [0.5, 0.6) is 5.75 Å². The number of rotatable bonds is 36. The van der Waals surface area contributed by atoms with Gasteiger partial charge in [-0.3, -0.25) is 4.79 Å². The summed E-state index contributed by atoms with van der Waals surface area (Å²) < 4.78 is 69.4. The Hall–Kier alpha value is -2.36. The smallest absolute Gasteiger partial charge is 0.192 e. The fourth-order valence-corrected chi connectivity index (χ4v) is 13.5. The second kappa shape index (κ2) is 30.5. The summed E-state index contributed by atoms with van der Waals surface area (Å²) in [4.78, 5) is 15.1. The van der Waals surface area contributed by atoms with Crippen LogP contribution in [-0.4, -0.2) is 131 Å². The van der Waals surface area contributed by atoms with Gasteiger partial charge in [-0.15, -0.1) is 0 Å². The van der Waals surface area contributed by atoms with E-state index in [9.17, 15) is 5.11 Å². The Labute approximate surface area is 444 Å². The maximum absolute atomic E-state index is 15.1. The number of methoxy groups -OCH3 is 4. The van der Waals surface area contributed by atoms with Crippen molar-refractivity contribution in [3.8, 4) is 5.75 Å². The molecule has 13 nitrogen and oxygen atoms in total. The molecule has 418 valence electrons. The summed E-state index contributed by atoms with van der Waals surface area (Å²) in [5, 5.41) is 12.1. The predicted octanol–water partition coefficient (Wildman–Crippen LogP) is 12.2. The van der Waals surface area contributed by atoms with Crippen molar-refractivity contribution in [1.82, 2.24) is 0 Å². The summed E-state index contributed by atoms with van der Waals surface area (Å²) in [6.07, 6.45) is -0.0421. The van der Waals surface area contributed by atoms with Crippen molar-refractivity contribution in [2.24, 2.45) is 11.3 Å². The molecule has 15 heteroatoms. The summed E-state index contributed by atoms with van der Waals surface area (Å²) in [7, 11) is 2.07. The Morgan fingerprint density at radius 2 is 1.37 bits per heavy atom. The summed E-state index contributed by atoms with van der Waals surface area (Å²) in [5.74, 6) is -0.343. The van der Waals surface area contributed by atoms with E-state index in [2.05, 4.69) is 86.7 Å². The molecule has 0 radical (unpaired) electrons. The highest BCUT2D eigenvalue weighted by Gasteiger charge is 2.52. The zero-order valence-electron chi connectivity index (χ0n) is 48.5. The van der Waals surface area contributed by atoms with Gasteiger partial charge in [-0.05, 0) is 92.3 Å². The first-order valence-electron chi connectivity index (χ1n) is 27.0. The van der Waals surface area contributed by atoms with Crippen LogP contribution in [0.1, 0.15) is 126 Å². The molecule has 2 aromatic carbocycles. The molecule has 2 aromatic rings. The third kappa shape index (κ3) is 20.2. The molecule has 1 heterocycles. The number of hydrogen-bond acceptors (Lipinski definition) is 13. The van der Waals surface area contributed by atoms with Gasteiger partial charge in [-0.25, -0.2) is 0 Å². The van der Waals surface area contributed by atoms with Crippen molar-refractivity contribution in [1.29, 1.82) is 0 Å². The van der Waals surface area contributed by atoms with Crippen LogP contribution in [-0.2, 0) is 64.8 Å². The van der Waals surface area contributed by atoms with Gasteiger partial charge in [0.05, 0.1) is 75.6 Å². The number of carbonyl (C=O) groups is 1. The topological polar surface area (TPSA) is 139 Å². The van der Waals surface area contributed by atoms with Gasteiger partial charge < -0.3 is 56.6 Å². The Bertz CT molecular complexity index is 1870. The Morgan fingerprint density at radius 1 is 0.767 bits per heavy atom. The van der Waals surface area contributed by atoms with Crippen LogP contribution >= 0.6 is 0 Å². The van der Waals surface area contributed by atoms with Crippen molar-refractivity contribution in [2.75, 3.05) is 48.4 Å². The van der Waals surface area contributed by atoms with E-state index in [1.807, 2.05) is 56.3 Å². The van der Waals surface area contributed by atoms with Crippen LogP contribution in [0.2, 0.25) is 36.3 Å². The van der Waals surface area contributed by atoms with Crippen molar-refractivity contribution in [3.05, 3.63) is 77.4 Å². The molecule has 9 atom stereocenters. The summed E-state index contributed by atoms with van der Waals surface area (Å²) in [6.45, 7) is 31.2. The molecule has 0 aromatic heterocycles. The van der Waals surface area contributed by atoms with E-state index in [0.717, 1.165) is 47.0 Å². The number of ketones is 1. The maximum atomic E-state index is 15.1. The highest BCUT2D eigenvalue weighted by atomic mass is 28.4. The molecule has 0 amide bonds. The average Bonchev–Trinajstić information content (AvgIpc) is 3.67. The molecule has 1 N–H and O–H groups in total. The van der Waals surface area contributed by atoms with Gasteiger partial charge in [0.25, 0.3) is 0 Å². The largest absolute Gasteiger partial charge is 0.497 e. The Kier molecular flexibility index (Phi) is 27.2. The third-order valence-electron chi connectivity index (χ3n) is 15.6. The van der Waals surface area contributed by atoms with Crippen molar-refractivity contribution in [3.63, 3.8) is 0 Å². The van der Waals surface area contributed by atoms with Gasteiger partial charge >= 0.3 is 0 Å². The zero-order chi connectivity index (χ0) is 54.6. The molecule has 0 bridgehead atoms. The van der Waals surface area contributed by atoms with Crippen molar-refractivity contribution < 1.29 is 61.4 Å². The van der Waals surface area contributed by atoms with E-state index in [4.69, 9.17) is 51.5 Å². The highest BCUT2D eigenvalue weighted by Crippen LogP contribution is 2.42. The van der Waals surface area contributed by atoms with Crippen molar-refractivity contribution >= 4 is 22.4 Å². The number of benzene rings is 2. The first kappa shape index (κ1) is 64.9. The fourth-order valence-electron chi connectivity index (χ4n) is 9.26. The fraction of sp³-hybridized carbons (Fsp3) is 0.741. The first-order valence-corrected chi connectivity index (χ1v) is 32.4. The molecule has 1 aliphatic rings. The average molecular weight is 1060 g/mol. The molecular weight excluding hydrogens is 961 g/mol. The maximum Gasteiger partial charge on any atom is 0.192 e. The minimum Gasteiger partial charge on any atom is -0.497 e. The monoisotopic (exact) mass is 1060 g/mol. The van der Waals surface area contributed by atoms with E-state index < -0.39 is 70.6 Å². The van der Waals surface area contributed by atoms with Crippen LogP contribution in [0.15, 0.2) is 66.2 Å². The third-order valence-corrected chi connectivity index (χ3v) is 24.8. The molecule has 73 heavy (non-hydrogen) atoms. The number of aliphatic hydroxyl groups excluding tert-OH is 1. The van der Waals surface area contributed by atoms with E-state index in [1.54, 1.807) is 42.3 Å². The van der Waals surface area contributed by atoms with Gasteiger partial charge in [0, 0.05) is 52.9 Å². The molecule has 1 aliphatic heterocycles. The summed E-state index contributed by atoms with van der Waals surface area (Å²) in [6, 6.07) is 21.0. The lowest BCUT2D eigenvalue weighted by atomic mass is 9.76. The van der Waals surface area contributed by atoms with Crippen LogP contribution in [0, 0.1) is 11.3 Å². The normalized spacial score (nSPS) is 19.8. The highest BCUT2D eigenvalue weighted by molar-refractivity contribution is 6.74. The van der Waals surface area contributed by atoms with E-state index in [-0.39, 0.29) is 42.7 Å².